The van der Waals surface area contributed by atoms with Crippen LogP contribution in [-0.2, 0) is 19.2 Å². The Labute approximate surface area is 201 Å². The molecule has 9 N–H and O–H groups in total. The topological polar surface area (TPSA) is 204 Å². The standard InChI is InChI=1S/C22H41N7O5/c1-5-13(4)17(19(31)27-14(21(33)34)8-6-10-26-22(24)25)28-18(30)15-9-7-11-29(15)20(32)16(23)12(2)3/h12-17H,5-11,23H2,1-4H3,(H,27,31)(H,28,30)(H,33,34)(H4,24,25,26)/t13-,14-,15-,16-,17-/m0/s1. The molecule has 0 bridgehead atoms. The van der Waals surface area contributed by atoms with Crippen LogP contribution in [0.3, 0.4) is 0 Å². The summed E-state index contributed by atoms with van der Waals surface area (Å²) in [6.45, 7) is 8.06. The van der Waals surface area contributed by atoms with Crippen LogP contribution in [0.15, 0.2) is 0 Å². The van der Waals surface area contributed by atoms with Crippen LogP contribution in [0.1, 0.15) is 59.8 Å². The number of nitrogens with zero attached hydrogens (tertiary/aromatic N) is 1. The number of likely N-dealkylation sites (tertiary alicyclic amines) is 1. The van der Waals surface area contributed by atoms with Gasteiger partial charge in [-0.25, -0.2) is 4.79 Å². The Morgan fingerprint density at radius 3 is 2.35 bits per heavy atom. The zero-order valence-electron chi connectivity index (χ0n) is 20.6. The second kappa shape index (κ2) is 13.7. The fourth-order valence-corrected chi connectivity index (χ4v) is 3.78. The van der Waals surface area contributed by atoms with E-state index >= 15 is 0 Å². The lowest BCUT2D eigenvalue weighted by Gasteiger charge is -2.31. The van der Waals surface area contributed by atoms with Crippen molar-refractivity contribution in [1.82, 2.24) is 20.9 Å². The smallest absolute Gasteiger partial charge is 0.326 e. The van der Waals surface area contributed by atoms with Crippen molar-refractivity contribution < 1.29 is 24.3 Å². The molecular weight excluding hydrogens is 442 g/mol. The van der Waals surface area contributed by atoms with Crippen LogP contribution in [-0.4, -0.2) is 76.9 Å². The summed E-state index contributed by atoms with van der Waals surface area (Å²) < 4.78 is 0. The summed E-state index contributed by atoms with van der Waals surface area (Å²) in [5, 5.41) is 24.5. The molecule has 0 aromatic carbocycles. The minimum Gasteiger partial charge on any atom is -0.480 e. The molecule has 0 saturated carbocycles. The number of carboxylic acid groups (broad SMARTS) is 1. The molecule has 5 atom stereocenters. The molecule has 1 aliphatic rings. The van der Waals surface area contributed by atoms with E-state index in [1.165, 1.54) is 4.90 Å². The van der Waals surface area contributed by atoms with Gasteiger partial charge in [0.25, 0.3) is 0 Å². The number of carbonyl (C=O) groups excluding carboxylic acids is 3. The first-order valence-corrected chi connectivity index (χ1v) is 11.9. The van der Waals surface area contributed by atoms with Gasteiger partial charge in [-0.15, -0.1) is 0 Å². The lowest BCUT2D eigenvalue weighted by Crippen LogP contribution is -2.58. The molecule has 1 fully saturated rings. The Hall–Kier alpha value is -2.89. The van der Waals surface area contributed by atoms with E-state index in [0.717, 1.165) is 0 Å². The maximum atomic E-state index is 13.1. The number of nitrogens with one attached hydrogen (secondary N) is 4. The molecule has 0 unspecified atom stereocenters. The molecule has 0 aromatic rings. The molecule has 3 amide bonds. The Morgan fingerprint density at radius 1 is 1.18 bits per heavy atom. The van der Waals surface area contributed by atoms with Crippen molar-refractivity contribution in [3.05, 3.63) is 0 Å². The Morgan fingerprint density at radius 2 is 1.82 bits per heavy atom. The van der Waals surface area contributed by atoms with Gasteiger partial charge in [-0.2, -0.15) is 0 Å². The molecule has 12 nitrogen and oxygen atoms in total. The highest BCUT2D eigenvalue weighted by atomic mass is 16.4. The third-order valence-electron chi connectivity index (χ3n) is 6.23. The van der Waals surface area contributed by atoms with E-state index in [2.05, 4.69) is 16.0 Å². The van der Waals surface area contributed by atoms with Crippen LogP contribution >= 0.6 is 0 Å². The average molecular weight is 484 g/mol. The highest BCUT2D eigenvalue weighted by Gasteiger charge is 2.39. The normalized spacial score (nSPS) is 19.1. The number of hydrogen-bond acceptors (Lipinski definition) is 6. The van der Waals surface area contributed by atoms with Gasteiger partial charge >= 0.3 is 5.97 Å². The number of hydrogen-bond donors (Lipinski definition) is 7. The van der Waals surface area contributed by atoms with E-state index in [0.29, 0.717) is 38.8 Å². The van der Waals surface area contributed by atoms with E-state index in [9.17, 15) is 24.3 Å². The average Bonchev–Trinajstić information content (AvgIpc) is 3.27. The van der Waals surface area contributed by atoms with Gasteiger partial charge in [0.1, 0.15) is 18.1 Å². The second-order valence-corrected chi connectivity index (χ2v) is 9.21. The first-order chi connectivity index (χ1) is 15.9. The largest absolute Gasteiger partial charge is 0.480 e. The predicted octanol–water partition coefficient (Wildman–Crippen LogP) is -0.676. The van der Waals surface area contributed by atoms with Crippen molar-refractivity contribution >= 4 is 29.7 Å². The van der Waals surface area contributed by atoms with Gasteiger partial charge in [0, 0.05) is 13.1 Å². The SMILES string of the molecule is CC[C@H](C)[C@H](NC(=O)[C@@H]1CCCN1C(=O)[C@@H](N)C(C)C)C(=O)N[C@@H](CCCNC(=N)N)C(=O)O. The van der Waals surface area contributed by atoms with E-state index in [-0.39, 0.29) is 30.1 Å². The molecule has 0 spiro atoms. The van der Waals surface area contributed by atoms with Crippen molar-refractivity contribution in [3.63, 3.8) is 0 Å². The van der Waals surface area contributed by atoms with Crippen LogP contribution in [0.2, 0.25) is 0 Å². The molecule has 0 aromatic heterocycles. The van der Waals surface area contributed by atoms with Gasteiger partial charge in [0.2, 0.25) is 17.7 Å². The number of carbonyl (C=O) groups is 4. The fraction of sp³-hybridized carbons (Fsp3) is 0.773. The van der Waals surface area contributed by atoms with Crippen LogP contribution in [0, 0.1) is 17.2 Å². The van der Waals surface area contributed by atoms with Crippen LogP contribution in [0.5, 0.6) is 0 Å². The third kappa shape index (κ3) is 8.47. The van der Waals surface area contributed by atoms with E-state index < -0.39 is 42.0 Å². The predicted molar refractivity (Wildman–Crippen MR) is 128 cm³/mol. The summed E-state index contributed by atoms with van der Waals surface area (Å²) in [5.74, 6) is -3.08. The molecule has 0 radical (unpaired) electrons. The Bertz CT molecular complexity index is 745. The summed E-state index contributed by atoms with van der Waals surface area (Å²) >= 11 is 0. The van der Waals surface area contributed by atoms with Crippen molar-refractivity contribution in [2.75, 3.05) is 13.1 Å². The zero-order chi connectivity index (χ0) is 26.0. The van der Waals surface area contributed by atoms with Crippen molar-refractivity contribution in [1.29, 1.82) is 5.41 Å². The summed E-state index contributed by atoms with van der Waals surface area (Å²) in [7, 11) is 0. The monoisotopic (exact) mass is 483 g/mol. The van der Waals surface area contributed by atoms with E-state index in [1.807, 2.05) is 20.8 Å². The molecular formula is C22H41N7O5. The van der Waals surface area contributed by atoms with Gasteiger partial charge in [-0.05, 0) is 37.5 Å². The van der Waals surface area contributed by atoms with Crippen molar-refractivity contribution in [3.8, 4) is 0 Å². The van der Waals surface area contributed by atoms with Crippen LogP contribution in [0.25, 0.3) is 0 Å². The molecule has 12 heteroatoms. The molecule has 1 rings (SSSR count). The minimum atomic E-state index is -1.19. The van der Waals surface area contributed by atoms with Gasteiger partial charge in [0.05, 0.1) is 6.04 Å². The van der Waals surface area contributed by atoms with Gasteiger partial charge in [0.15, 0.2) is 5.96 Å². The number of guanidine groups is 1. The van der Waals surface area contributed by atoms with Gasteiger partial charge in [-0.1, -0.05) is 34.1 Å². The number of amides is 3. The second-order valence-electron chi connectivity index (χ2n) is 9.21. The molecule has 34 heavy (non-hydrogen) atoms. The fourth-order valence-electron chi connectivity index (χ4n) is 3.78. The highest BCUT2D eigenvalue weighted by Crippen LogP contribution is 2.21. The van der Waals surface area contributed by atoms with Crippen molar-refractivity contribution in [2.45, 2.75) is 84.0 Å². The number of carboxylic acids is 1. The molecule has 194 valence electrons. The van der Waals surface area contributed by atoms with Gasteiger partial charge < -0.3 is 37.4 Å². The molecule has 1 saturated heterocycles. The molecule has 1 aliphatic heterocycles. The lowest BCUT2D eigenvalue weighted by molar-refractivity contribution is -0.143. The van der Waals surface area contributed by atoms with Crippen LogP contribution < -0.4 is 27.4 Å². The highest BCUT2D eigenvalue weighted by molar-refractivity contribution is 5.94. The molecule has 0 aliphatic carbocycles. The first-order valence-electron chi connectivity index (χ1n) is 11.9. The van der Waals surface area contributed by atoms with E-state index in [4.69, 9.17) is 16.9 Å². The van der Waals surface area contributed by atoms with Gasteiger partial charge in [-0.3, -0.25) is 19.8 Å². The van der Waals surface area contributed by atoms with Crippen LogP contribution in [0.4, 0.5) is 0 Å². The number of rotatable bonds is 13. The zero-order valence-corrected chi connectivity index (χ0v) is 20.6. The first kappa shape index (κ1) is 29.1. The third-order valence-corrected chi connectivity index (χ3v) is 6.23. The quantitative estimate of drug-likeness (QED) is 0.101. The number of nitrogens with two attached hydrogens (primary N) is 2. The summed E-state index contributed by atoms with van der Waals surface area (Å²) in [6.07, 6.45) is 2.19. The minimum absolute atomic E-state index is 0.0750. The lowest BCUT2D eigenvalue weighted by atomic mass is 9.97. The maximum absolute atomic E-state index is 13.1. The van der Waals surface area contributed by atoms with Crippen molar-refractivity contribution in [2.24, 2.45) is 23.3 Å². The molecule has 1 heterocycles. The summed E-state index contributed by atoms with van der Waals surface area (Å²) in [4.78, 5) is 52.0. The summed E-state index contributed by atoms with van der Waals surface area (Å²) in [5.41, 5.74) is 11.2. The Balaban J connectivity index is 2.88. The maximum Gasteiger partial charge on any atom is 0.326 e. The Kier molecular flexibility index (Phi) is 11.8. The number of aliphatic carboxylic acids is 1. The van der Waals surface area contributed by atoms with E-state index in [1.54, 1.807) is 6.92 Å². The summed E-state index contributed by atoms with van der Waals surface area (Å²) in [6, 6.07) is -3.54.